The van der Waals surface area contributed by atoms with Crippen LogP contribution in [0.25, 0.3) is 0 Å². The summed E-state index contributed by atoms with van der Waals surface area (Å²) in [5.74, 6) is 0. The van der Waals surface area contributed by atoms with Crippen molar-refractivity contribution in [3.8, 4) is 0 Å². The normalized spacial score (nSPS) is 27.9. The first kappa shape index (κ1) is 16.2. The molecule has 2 atom stereocenters. The highest BCUT2D eigenvalue weighted by atomic mass is 16.5. The van der Waals surface area contributed by atoms with Crippen molar-refractivity contribution in [2.45, 2.75) is 58.2 Å². The Morgan fingerprint density at radius 1 is 1.25 bits per heavy atom. The summed E-state index contributed by atoms with van der Waals surface area (Å²) in [6, 6.07) is 1.38. The fourth-order valence-electron chi connectivity index (χ4n) is 3.09. The molecule has 1 N–H and O–H groups in total. The number of likely N-dealkylation sites (tertiary alicyclic amines) is 1. The minimum atomic E-state index is 0.262. The molecule has 118 valence electrons. The molecule has 0 bridgehead atoms. The van der Waals surface area contributed by atoms with E-state index in [2.05, 4.69) is 42.8 Å². The molecule has 20 heavy (non-hydrogen) atoms. The van der Waals surface area contributed by atoms with Crippen LogP contribution in [-0.4, -0.2) is 73.4 Å². The van der Waals surface area contributed by atoms with Crippen LogP contribution in [0.4, 0.5) is 0 Å². The predicted molar refractivity (Wildman–Crippen MR) is 84.2 cm³/mol. The Morgan fingerprint density at radius 2 is 1.95 bits per heavy atom. The molecule has 0 saturated carbocycles. The van der Waals surface area contributed by atoms with Crippen molar-refractivity contribution in [3.63, 3.8) is 0 Å². The van der Waals surface area contributed by atoms with Gasteiger partial charge >= 0.3 is 0 Å². The van der Waals surface area contributed by atoms with E-state index in [0.717, 1.165) is 38.9 Å². The zero-order valence-electron chi connectivity index (χ0n) is 13.8. The van der Waals surface area contributed by atoms with Gasteiger partial charge in [-0.3, -0.25) is 9.80 Å². The molecule has 0 radical (unpaired) electrons. The Labute approximate surface area is 124 Å². The molecule has 2 aliphatic heterocycles. The van der Waals surface area contributed by atoms with Gasteiger partial charge in [-0.1, -0.05) is 6.92 Å². The van der Waals surface area contributed by atoms with Gasteiger partial charge in [0.2, 0.25) is 0 Å². The third-order valence-electron chi connectivity index (χ3n) is 5.14. The van der Waals surface area contributed by atoms with Crippen LogP contribution in [0.15, 0.2) is 0 Å². The topological polar surface area (TPSA) is 27.7 Å². The number of hydrogen-bond donors (Lipinski definition) is 1. The molecular weight excluding hydrogens is 250 g/mol. The van der Waals surface area contributed by atoms with Crippen LogP contribution in [0.5, 0.6) is 0 Å². The van der Waals surface area contributed by atoms with E-state index in [-0.39, 0.29) is 5.54 Å². The van der Waals surface area contributed by atoms with Crippen LogP contribution >= 0.6 is 0 Å². The SMILES string of the molecule is CCC(C)(C)NCC(C)N1CCC(N2CCOCC2)C1. The highest BCUT2D eigenvalue weighted by molar-refractivity contribution is 4.88. The molecule has 4 heteroatoms. The third kappa shape index (κ3) is 4.42. The molecule has 4 nitrogen and oxygen atoms in total. The fourth-order valence-corrected chi connectivity index (χ4v) is 3.09. The van der Waals surface area contributed by atoms with Gasteiger partial charge in [0.15, 0.2) is 0 Å². The molecule has 0 aromatic heterocycles. The molecule has 0 amide bonds. The second-order valence-electron chi connectivity index (χ2n) is 7.05. The van der Waals surface area contributed by atoms with Crippen LogP contribution in [0.3, 0.4) is 0 Å². The Kier molecular flexibility index (Phi) is 5.84. The van der Waals surface area contributed by atoms with E-state index in [1.807, 2.05) is 0 Å². The molecule has 2 saturated heterocycles. The predicted octanol–water partition coefficient (Wildman–Crippen LogP) is 1.56. The van der Waals surface area contributed by atoms with E-state index in [1.165, 1.54) is 25.9 Å². The first-order valence-electron chi connectivity index (χ1n) is 8.32. The lowest BCUT2D eigenvalue weighted by Crippen LogP contribution is -2.48. The molecule has 0 aliphatic carbocycles. The summed E-state index contributed by atoms with van der Waals surface area (Å²) in [5.41, 5.74) is 0.262. The Hall–Kier alpha value is -0.160. The number of ether oxygens (including phenoxy) is 1. The van der Waals surface area contributed by atoms with E-state index in [0.29, 0.717) is 6.04 Å². The quantitative estimate of drug-likeness (QED) is 0.801. The standard InChI is InChI=1S/C16H33N3O/c1-5-16(3,4)17-12-14(2)19-7-6-15(13-19)18-8-10-20-11-9-18/h14-15,17H,5-13H2,1-4H3. The minimum absolute atomic E-state index is 0.262. The van der Waals surface area contributed by atoms with Gasteiger partial charge < -0.3 is 10.1 Å². The number of morpholine rings is 1. The summed E-state index contributed by atoms with van der Waals surface area (Å²) >= 11 is 0. The average molecular weight is 283 g/mol. The van der Waals surface area contributed by atoms with Gasteiger partial charge in [-0.2, -0.15) is 0 Å². The van der Waals surface area contributed by atoms with Crippen molar-refractivity contribution in [1.82, 2.24) is 15.1 Å². The van der Waals surface area contributed by atoms with E-state index >= 15 is 0 Å². The molecular formula is C16H33N3O. The highest BCUT2D eigenvalue weighted by Gasteiger charge is 2.31. The third-order valence-corrected chi connectivity index (χ3v) is 5.14. The van der Waals surface area contributed by atoms with Crippen molar-refractivity contribution >= 4 is 0 Å². The van der Waals surface area contributed by atoms with E-state index in [4.69, 9.17) is 4.74 Å². The molecule has 2 unspecified atom stereocenters. The van der Waals surface area contributed by atoms with Gasteiger partial charge in [0.1, 0.15) is 0 Å². The summed E-state index contributed by atoms with van der Waals surface area (Å²) in [6.45, 7) is 16.8. The zero-order valence-corrected chi connectivity index (χ0v) is 13.8. The molecule has 0 aromatic rings. The lowest BCUT2D eigenvalue weighted by Gasteiger charge is -2.34. The van der Waals surface area contributed by atoms with Gasteiger partial charge in [0, 0.05) is 50.3 Å². The van der Waals surface area contributed by atoms with Crippen molar-refractivity contribution < 1.29 is 4.74 Å². The first-order valence-corrected chi connectivity index (χ1v) is 8.32. The van der Waals surface area contributed by atoms with E-state index in [9.17, 15) is 0 Å². The second kappa shape index (κ2) is 7.21. The van der Waals surface area contributed by atoms with Gasteiger partial charge in [0.05, 0.1) is 13.2 Å². The second-order valence-corrected chi connectivity index (χ2v) is 7.05. The molecule has 2 aliphatic rings. The minimum Gasteiger partial charge on any atom is -0.379 e. The zero-order chi connectivity index (χ0) is 14.6. The molecule has 0 spiro atoms. The van der Waals surface area contributed by atoms with Gasteiger partial charge in [-0.25, -0.2) is 0 Å². The monoisotopic (exact) mass is 283 g/mol. The van der Waals surface area contributed by atoms with Gasteiger partial charge in [-0.05, 0) is 33.6 Å². The van der Waals surface area contributed by atoms with E-state index in [1.54, 1.807) is 0 Å². The number of rotatable bonds is 6. The van der Waals surface area contributed by atoms with E-state index < -0.39 is 0 Å². The Morgan fingerprint density at radius 3 is 2.60 bits per heavy atom. The smallest absolute Gasteiger partial charge is 0.0594 e. The van der Waals surface area contributed by atoms with Crippen LogP contribution in [0, 0.1) is 0 Å². The molecule has 2 heterocycles. The largest absolute Gasteiger partial charge is 0.379 e. The van der Waals surface area contributed by atoms with Crippen LogP contribution in [0.2, 0.25) is 0 Å². The Balaban J connectivity index is 1.74. The van der Waals surface area contributed by atoms with Crippen molar-refractivity contribution in [3.05, 3.63) is 0 Å². The number of nitrogens with zero attached hydrogens (tertiary/aromatic N) is 2. The number of nitrogens with one attached hydrogen (secondary N) is 1. The summed E-state index contributed by atoms with van der Waals surface area (Å²) in [6.07, 6.45) is 2.50. The van der Waals surface area contributed by atoms with Crippen LogP contribution in [-0.2, 0) is 4.74 Å². The van der Waals surface area contributed by atoms with Crippen molar-refractivity contribution in [1.29, 1.82) is 0 Å². The maximum atomic E-state index is 5.46. The maximum Gasteiger partial charge on any atom is 0.0594 e. The summed E-state index contributed by atoms with van der Waals surface area (Å²) in [7, 11) is 0. The van der Waals surface area contributed by atoms with Crippen molar-refractivity contribution in [2.24, 2.45) is 0 Å². The summed E-state index contributed by atoms with van der Waals surface area (Å²) in [4.78, 5) is 5.28. The van der Waals surface area contributed by atoms with Gasteiger partial charge in [-0.15, -0.1) is 0 Å². The fraction of sp³-hybridized carbons (Fsp3) is 1.00. The molecule has 0 aromatic carbocycles. The Bertz CT molecular complexity index is 289. The first-order chi connectivity index (χ1) is 9.52. The van der Waals surface area contributed by atoms with Gasteiger partial charge in [0.25, 0.3) is 0 Å². The lowest BCUT2D eigenvalue weighted by molar-refractivity contribution is 0.0177. The highest BCUT2D eigenvalue weighted by Crippen LogP contribution is 2.19. The van der Waals surface area contributed by atoms with Crippen LogP contribution < -0.4 is 5.32 Å². The van der Waals surface area contributed by atoms with Crippen LogP contribution in [0.1, 0.15) is 40.5 Å². The van der Waals surface area contributed by atoms with Crippen molar-refractivity contribution in [2.75, 3.05) is 45.9 Å². The summed E-state index contributed by atoms with van der Waals surface area (Å²) in [5, 5.41) is 3.70. The molecule has 2 rings (SSSR count). The summed E-state index contributed by atoms with van der Waals surface area (Å²) < 4.78 is 5.46. The maximum absolute atomic E-state index is 5.46. The average Bonchev–Trinajstić information content (AvgIpc) is 2.96. The molecule has 2 fully saturated rings. The lowest BCUT2D eigenvalue weighted by atomic mass is 10.0. The number of hydrogen-bond acceptors (Lipinski definition) is 4.